The van der Waals surface area contributed by atoms with E-state index in [1.54, 1.807) is 0 Å². The fourth-order valence-corrected chi connectivity index (χ4v) is 1.67. The Labute approximate surface area is 104 Å². The van der Waals surface area contributed by atoms with Crippen molar-refractivity contribution in [2.24, 2.45) is 0 Å². The van der Waals surface area contributed by atoms with Gasteiger partial charge in [-0.15, -0.1) is 12.3 Å². The summed E-state index contributed by atoms with van der Waals surface area (Å²) >= 11 is 0. The molecule has 0 aromatic heterocycles. The molecule has 0 unspecified atom stereocenters. The maximum atomic E-state index is 5.76. The third-order valence-electron chi connectivity index (χ3n) is 2.53. The van der Waals surface area contributed by atoms with Gasteiger partial charge in [0.2, 0.25) is 0 Å². The summed E-state index contributed by atoms with van der Waals surface area (Å²) in [5, 5.41) is 3.39. The highest BCUT2D eigenvalue weighted by molar-refractivity contribution is 5.40. The zero-order valence-electron chi connectivity index (χ0n) is 10.8. The topological polar surface area (TPSA) is 21.3 Å². The number of aryl methyl sites for hydroxylation is 1. The summed E-state index contributed by atoms with van der Waals surface area (Å²) in [5.41, 5.74) is 2.37. The minimum Gasteiger partial charge on any atom is -0.492 e. The van der Waals surface area contributed by atoms with Crippen LogP contribution in [0.25, 0.3) is 0 Å². The van der Waals surface area contributed by atoms with Gasteiger partial charge in [0.05, 0.1) is 6.61 Å². The van der Waals surface area contributed by atoms with E-state index < -0.39 is 0 Å². The Morgan fingerprint density at radius 2 is 2.24 bits per heavy atom. The fourth-order valence-electron chi connectivity index (χ4n) is 1.67. The highest BCUT2D eigenvalue weighted by Crippen LogP contribution is 2.23. The summed E-state index contributed by atoms with van der Waals surface area (Å²) in [6, 6.07) is 6.22. The van der Waals surface area contributed by atoms with Crippen LogP contribution >= 0.6 is 0 Å². The summed E-state index contributed by atoms with van der Waals surface area (Å²) in [6.07, 6.45) is 7.01. The van der Waals surface area contributed by atoms with Gasteiger partial charge in [-0.25, -0.2) is 0 Å². The predicted octanol–water partition coefficient (Wildman–Crippen LogP) is 2.90. The van der Waals surface area contributed by atoms with Crippen molar-refractivity contribution in [3.8, 4) is 18.1 Å². The first-order chi connectivity index (χ1) is 8.29. The first-order valence-electron chi connectivity index (χ1n) is 6.15. The lowest BCUT2D eigenvalue weighted by molar-refractivity contribution is 0.320. The largest absolute Gasteiger partial charge is 0.492 e. The second-order valence-electron chi connectivity index (χ2n) is 4.04. The molecule has 17 heavy (non-hydrogen) atoms. The van der Waals surface area contributed by atoms with Crippen LogP contribution in [0.3, 0.4) is 0 Å². The van der Waals surface area contributed by atoms with Crippen molar-refractivity contribution in [2.75, 3.05) is 13.2 Å². The molecule has 0 atom stereocenters. The Bertz CT molecular complexity index is 379. The van der Waals surface area contributed by atoms with Gasteiger partial charge in [-0.1, -0.05) is 25.1 Å². The number of para-hydroxylation sites is 1. The van der Waals surface area contributed by atoms with Crippen molar-refractivity contribution >= 4 is 0 Å². The molecular weight excluding hydrogens is 210 g/mol. The fraction of sp³-hybridized carbons (Fsp3) is 0.467. The molecule has 1 aromatic rings. The van der Waals surface area contributed by atoms with Crippen LogP contribution in [-0.4, -0.2) is 13.2 Å². The number of ether oxygens (including phenoxy) is 1. The van der Waals surface area contributed by atoms with Crippen molar-refractivity contribution < 1.29 is 4.74 Å². The Morgan fingerprint density at radius 3 is 2.94 bits per heavy atom. The van der Waals surface area contributed by atoms with Gasteiger partial charge in [-0.05, 0) is 25.5 Å². The number of hydrogen-bond acceptors (Lipinski definition) is 2. The van der Waals surface area contributed by atoms with Gasteiger partial charge in [-0.2, -0.15) is 0 Å². The average Bonchev–Trinajstić information content (AvgIpc) is 2.33. The van der Waals surface area contributed by atoms with E-state index in [4.69, 9.17) is 11.2 Å². The lowest BCUT2D eigenvalue weighted by Crippen LogP contribution is -2.15. The van der Waals surface area contributed by atoms with Crippen LogP contribution in [0.4, 0.5) is 0 Å². The Balaban J connectivity index is 2.67. The Hall–Kier alpha value is -1.46. The van der Waals surface area contributed by atoms with Gasteiger partial charge in [0.15, 0.2) is 0 Å². The van der Waals surface area contributed by atoms with Crippen molar-refractivity contribution in [3.63, 3.8) is 0 Å². The number of rotatable bonds is 7. The number of nitrogens with one attached hydrogen (secondary N) is 1. The van der Waals surface area contributed by atoms with Gasteiger partial charge >= 0.3 is 0 Å². The normalized spacial score (nSPS) is 9.94. The molecule has 1 aromatic carbocycles. The number of terminal acetylenes is 1. The van der Waals surface area contributed by atoms with Crippen molar-refractivity contribution in [2.45, 2.75) is 33.2 Å². The first-order valence-corrected chi connectivity index (χ1v) is 6.15. The molecule has 0 saturated heterocycles. The van der Waals surface area contributed by atoms with Crippen LogP contribution in [-0.2, 0) is 6.54 Å². The van der Waals surface area contributed by atoms with E-state index in [0.29, 0.717) is 13.0 Å². The van der Waals surface area contributed by atoms with Crippen LogP contribution < -0.4 is 10.1 Å². The maximum Gasteiger partial charge on any atom is 0.126 e. The van der Waals surface area contributed by atoms with Gasteiger partial charge < -0.3 is 10.1 Å². The Kier molecular flexibility index (Phi) is 6.21. The predicted molar refractivity (Wildman–Crippen MR) is 72.1 cm³/mol. The summed E-state index contributed by atoms with van der Waals surface area (Å²) in [6.45, 7) is 6.68. The summed E-state index contributed by atoms with van der Waals surface area (Å²) in [4.78, 5) is 0. The molecule has 0 radical (unpaired) electrons. The molecule has 0 fully saturated rings. The van der Waals surface area contributed by atoms with Crippen LogP contribution in [0.15, 0.2) is 18.2 Å². The Morgan fingerprint density at radius 1 is 1.41 bits per heavy atom. The molecular formula is C15H21NO. The molecule has 1 N–H and O–H groups in total. The summed E-state index contributed by atoms with van der Waals surface area (Å²) in [5.74, 6) is 3.57. The number of benzene rings is 1. The van der Waals surface area contributed by atoms with E-state index in [2.05, 4.69) is 43.3 Å². The van der Waals surface area contributed by atoms with Crippen LogP contribution in [0.1, 0.15) is 30.9 Å². The summed E-state index contributed by atoms with van der Waals surface area (Å²) < 4.78 is 5.76. The van der Waals surface area contributed by atoms with Gasteiger partial charge in [0.1, 0.15) is 5.75 Å². The molecule has 1 rings (SSSR count). The van der Waals surface area contributed by atoms with Crippen molar-refractivity contribution in [1.82, 2.24) is 5.32 Å². The maximum absolute atomic E-state index is 5.76. The third-order valence-corrected chi connectivity index (χ3v) is 2.53. The van der Waals surface area contributed by atoms with E-state index in [1.807, 2.05) is 0 Å². The molecule has 2 heteroatoms. The second-order valence-corrected chi connectivity index (χ2v) is 4.04. The second kappa shape index (κ2) is 7.76. The standard InChI is InChI=1S/C15H21NO/c1-4-6-11-17-15-13(3)8-7-9-14(15)12-16-10-5-2/h1,7-9,16H,5-6,10-12H2,2-3H3. The zero-order chi connectivity index (χ0) is 12.5. The van der Waals surface area contributed by atoms with Gasteiger partial charge in [0, 0.05) is 18.5 Å². The first kappa shape index (κ1) is 13.6. The third kappa shape index (κ3) is 4.50. The van der Waals surface area contributed by atoms with Crippen LogP contribution in [0.2, 0.25) is 0 Å². The van der Waals surface area contributed by atoms with E-state index in [9.17, 15) is 0 Å². The van der Waals surface area contributed by atoms with Crippen LogP contribution in [0.5, 0.6) is 5.75 Å². The molecule has 0 bridgehead atoms. The van der Waals surface area contributed by atoms with Crippen molar-refractivity contribution in [3.05, 3.63) is 29.3 Å². The molecule has 0 aliphatic heterocycles. The van der Waals surface area contributed by atoms with E-state index >= 15 is 0 Å². The van der Waals surface area contributed by atoms with E-state index in [1.165, 1.54) is 5.56 Å². The highest BCUT2D eigenvalue weighted by atomic mass is 16.5. The minimum absolute atomic E-state index is 0.585. The highest BCUT2D eigenvalue weighted by Gasteiger charge is 2.06. The monoisotopic (exact) mass is 231 g/mol. The smallest absolute Gasteiger partial charge is 0.126 e. The van der Waals surface area contributed by atoms with Gasteiger partial charge in [-0.3, -0.25) is 0 Å². The molecule has 0 aliphatic carbocycles. The molecule has 0 saturated carbocycles. The minimum atomic E-state index is 0.585. The van der Waals surface area contributed by atoms with Crippen molar-refractivity contribution in [1.29, 1.82) is 0 Å². The molecule has 0 amide bonds. The summed E-state index contributed by atoms with van der Waals surface area (Å²) in [7, 11) is 0. The van der Waals surface area contributed by atoms with E-state index in [-0.39, 0.29) is 0 Å². The van der Waals surface area contributed by atoms with E-state index in [0.717, 1.165) is 30.8 Å². The zero-order valence-corrected chi connectivity index (χ0v) is 10.8. The lowest BCUT2D eigenvalue weighted by Gasteiger charge is -2.13. The molecule has 0 aliphatic rings. The van der Waals surface area contributed by atoms with Crippen LogP contribution in [0, 0.1) is 19.3 Å². The number of hydrogen-bond donors (Lipinski definition) is 1. The average molecular weight is 231 g/mol. The SMILES string of the molecule is C#CCCOc1c(C)cccc1CNCCC. The molecule has 0 spiro atoms. The quantitative estimate of drug-likeness (QED) is 0.575. The molecule has 92 valence electrons. The lowest BCUT2D eigenvalue weighted by atomic mass is 10.1. The molecule has 2 nitrogen and oxygen atoms in total. The van der Waals surface area contributed by atoms with Gasteiger partial charge in [0.25, 0.3) is 0 Å². The molecule has 0 heterocycles.